The van der Waals surface area contributed by atoms with E-state index in [1.54, 1.807) is 0 Å². The van der Waals surface area contributed by atoms with Crippen molar-refractivity contribution in [1.29, 1.82) is 0 Å². The predicted octanol–water partition coefficient (Wildman–Crippen LogP) is 0.424. The fourth-order valence-electron chi connectivity index (χ4n) is 0.433. The van der Waals surface area contributed by atoms with Crippen LogP contribution in [0.15, 0.2) is 0 Å². The van der Waals surface area contributed by atoms with Gasteiger partial charge in [-0.2, -0.15) is 0 Å². The van der Waals surface area contributed by atoms with Gasteiger partial charge in [0.2, 0.25) is 0 Å². The molecule has 0 aromatic carbocycles. The van der Waals surface area contributed by atoms with Crippen LogP contribution in [0.3, 0.4) is 0 Å². The van der Waals surface area contributed by atoms with Crippen molar-refractivity contribution in [3.8, 4) is 0 Å². The Balaban J connectivity index is 3.22. The van der Waals surface area contributed by atoms with E-state index >= 15 is 0 Å². The van der Waals surface area contributed by atoms with Crippen LogP contribution in [0, 0.1) is 0 Å². The first-order chi connectivity index (χ1) is 4.20. The van der Waals surface area contributed by atoms with Crippen molar-refractivity contribution in [2.75, 3.05) is 27.2 Å². The Bertz CT molecular complexity index is 60.1. The minimum absolute atomic E-state index is 0.331. The molecule has 0 aliphatic heterocycles. The summed E-state index contributed by atoms with van der Waals surface area (Å²) in [5, 5.41) is 0. The molecule has 2 nitrogen and oxygen atoms in total. The van der Waals surface area contributed by atoms with Gasteiger partial charge in [-0.25, -0.2) is 0 Å². The summed E-state index contributed by atoms with van der Waals surface area (Å²) in [5.41, 5.74) is 0. The molecular formula is C6H16N2Sn. The second-order valence-electron chi connectivity index (χ2n) is 2.13. The number of nitrogens with zero attached hydrogens (tertiary/aromatic N) is 2. The van der Waals surface area contributed by atoms with Crippen LogP contribution in [0.2, 0.25) is 0 Å². The maximum absolute atomic E-state index is 2.45. The van der Waals surface area contributed by atoms with E-state index in [-0.39, 0.29) is 21.7 Å². The Hall–Kier alpha value is 0.719. The molecule has 0 atom stereocenters. The Morgan fingerprint density at radius 3 is 1.56 bits per heavy atom. The maximum atomic E-state index is 2.45. The molecule has 0 heterocycles. The van der Waals surface area contributed by atoms with Crippen molar-refractivity contribution >= 4 is 21.7 Å². The molecule has 0 amide bonds. The molecular weight excluding hydrogens is 219 g/mol. The van der Waals surface area contributed by atoms with Gasteiger partial charge < -0.3 is 0 Å². The normalized spacial score (nSPS) is 11.3. The van der Waals surface area contributed by atoms with E-state index in [0.29, 0.717) is 0 Å². The summed E-state index contributed by atoms with van der Waals surface area (Å²) < 4.78 is 4.90. The summed E-state index contributed by atoms with van der Waals surface area (Å²) in [6.45, 7) is 6.84. The fourth-order valence-corrected chi connectivity index (χ4v) is 2.90. The van der Waals surface area contributed by atoms with Gasteiger partial charge >= 0.3 is 69.0 Å². The zero-order valence-electron chi connectivity index (χ0n) is 6.81. The Kier molecular flexibility index (Phi) is 5.94. The van der Waals surface area contributed by atoms with Crippen LogP contribution in [0.1, 0.15) is 13.8 Å². The molecule has 3 heteroatoms. The number of hydrogen-bond donors (Lipinski definition) is 0. The van der Waals surface area contributed by atoms with Crippen LogP contribution in [-0.2, 0) is 0 Å². The first-order valence-corrected chi connectivity index (χ1v) is 5.94. The SMILES string of the molecule is CC[N](C)[Sn][N](C)CC. The standard InChI is InChI=1S/2C3H8N.Sn/c2*1-3-4-2;/h2*3H2,1-2H3;/q2*-1;+2. The third-order valence-electron chi connectivity index (χ3n) is 1.29. The van der Waals surface area contributed by atoms with Crippen molar-refractivity contribution in [2.24, 2.45) is 0 Å². The zero-order chi connectivity index (χ0) is 7.28. The van der Waals surface area contributed by atoms with Crippen molar-refractivity contribution in [3.63, 3.8) is 0 Å². The van der Waals surface area contributed by atoms with E-state index in [1.165, 1.54) is 13.1 Å². The van der Waals surface area contributed by atoms with Crippen molar-refractivity contribution in [1.82, 2.24) is 6.24 Å². The molecule has 0 aliphatic rings. The van der Waals surface area contributed by atoms with Gasteiger partial charge in [0.05, 0.1) is 0 Å². The van der Waals surface area contributed by atoms with Crippen molar-refractivity contribution in [3.05, 3.63) is 0 Å². The van der Waals surface area contributed by atoms with E-state index in [1.807, 2.05) is 0 Å². The third kappa shape index (κ3) is 5.18. The first-order valence-electron chi connectivity index (χ1n) is 3.39. The van der Waals surface area contributed by atoms with Gasteiger partial charge in [0.15, 0.2) is 0 Å². The summed E-state index contributed by atoms with van der Waals surface area (Å²) in [6.07, 6.45) is 0. The molecule has 0 aliphatic carbocycles. The van der Waals surface area contributed by atoms with Gasteiger partial charge in [-0.15, -0.1) is 0 Å². The number of hydrogen-bond acceptors (Lipinski definition) is 2. The van der Waals surface area contributed by atoms with Crippen LogP contribution in [0.5, 0.6) is 0 Å². The van der Waals surface area contributed by atoms with Crippen LogP contribution in [0.25, 0.3) is 0 Å². The summed E-state index contributed by atoms with van der Waals surface area (Å²) in [5.74, 6) is 0. The van der Waals surface area contributed by atoms with Gasteiger partial charge in [0.1, 0.15) is 0 Å². The molecule has 0 rings (SSSR count). The van der Waals surface area contributed by atoms with E-state index < -0.39 is 0 Å². The zero-order valence-corrected chi connectivity index (χ0v) is 9.66. The van der Waals surface area contributed by atoms with Gasteiger partial charge in [-0.05, 0) is 0 Å². The van der Waals surface area contributed by atoms with Crippen molar-refractivity contribution in [2.45, 2.75) is 13.8 Å². The fraction of sp³-hybridized carbons (Fsp3) is 1.00. The quantitative estimate of drug-likeness (QED) is 0.651. The Morgan fingerprint density at radius 1 is 1.00 bits per heavy atom. The predicted molar refractivity (Wildman–Crippen MR) is 42.4 cm³/mol. The number of rotatable bonds is 4. The Morgan fingerprint density at radius 2 is 1.33 bits per heavy atom. The molecule has 0 saturated heterocycles. The molecule has 0 N–H and O–H groups in total. The summed E-state index contributed by atoms with van der Waals surface area (Å²) in [7, 11) is 4.41. The summed E-state index contributed by atoms with van der Waals surface area (Å²) in [4.78, 5) is 0. The molecule has 0 fully saturated rings. The monoisotopic (exact) mass is 236 g/mol. The van der Waals surface area contributed by atoms with Gasteiger partial charge in [-0.3, -0.25) is 0 Å². The van der Waals surface area contributed by atoms with Gasteiger partial charge in [-0.1, -0.05) is 0 Å². The van der Waals surface area contributed by atoms with Crippen LogP contribution in [0.4, 0.5) is 0 Å². The molecule has 2 radical (unpaired) electrons. The first kappa shape index (κ1) is 9.72. The molecule has 0 unspecified atom stereocenters. The topological polar surface area (TPSA) is 6.48 Å². The van der Waals surface area contributed by atoms with Crippen LogP contribution < -0.4 is 0 Å². The molecule has 0 aromatic rings. The summed E-state index contributed by atoms with van der Waals surface area (Å²) in [6, 6.07) is 0. The molecule has 0 spiro atoms. The van der Waals surface area contributed by atoms with Crippen molar-refractivity contribution < 1.29 is 0 Å². The molecule has 0 aromatic heterocycles. The average molecular weight is 235 g/mol. The Labute approximate surface area is 69.1 Å². The third-order valence-corrected chi connectivity index (χ3v) is 5.04. The molecule has 0 saturated carbocycles. The van der Waals surface area contributed by atoms with Crippen LogP contribution >= 0.6 is 0 Å². The molecule has 0 bridgehead atoms. The van der Waals surface area contributed by atoms with E-state index in [2.05, 4.69) is 34.2 Å². The van der Waals surface area contributed by atoms with E-state index in [0.717, 1.165) is 0 Å². The second kappa shape index (κ2) is 5.50. The van der Waals surface area contributed by atoms with E-state index in [4.69, 9.17) is 0 Å². The minimum atomic E-state index is -0.331. The second-order valence-corrected chi connectivity index (χ2v) is 7.06. The average Bonchev–Trinajstić information content (AvgIpc) is 1.87. The molecule has 9 heavy (non-hydrogen) atoms. The van der Waals surface area contributed by atoms with Gasteiger partial charge in [0.25, 0.3) is 0 Å². The molecule has 54 valence electrons. The van der Waals surface area contributed by atoms with E-state index in [9.17, 15) is 0 Å². The van der Waals surface area contributed by atoms with Crippen LogP contribution in [-0.4, -0.2) is 55.1 Å². The summed E-state index contributed by atoms with van der Waals surface area (Å²) >= 11 is -0.331. The van der Waals surface area contributed by atoms with Gasteiger partial charge in [0, 0.05) is 0 Å².